The third-order valence-electron chi connectivity index (χ3n) is 6.17. The van der Waals surface area contributed by atoms with Crippen molar-refractivity contribution in [2.24, 2.45) is 5.92 Å². The summed E-state index contributed by atoms with van der Waals surface area (Å²) in [6.45, 7) is 2.92. The molecule has 3 amide bonds. The summed E-state index contributed by atoms with van der Waals surface area (Å²) in [5, 5.41) is 6.97. The number of hydrogen-bond acceptors (Lipinski definition) is 3. The van der Waals surface area contributed by atoms with Crippen LogP contribution in [0.1, 0.15) is 35.7 Å². The number of benzene rings is 2. The summed E-state index contributed by atoms with van der Waals surface area (Å²) in [6.07, 6.45) is 4.26. The summed E-state index contributed by atoms with van der Waals surface area (Å²) in [5.74, 6) is -0.698. The molecule has 0 radical (unpaired) electrons. The number of likely N-dealkylation sites (tertiary alicyclic amines) is 1. The van der Waals surface area contributed by atoms with Crippen molar-refractivity contribution in [3.05, 3.63) is 71.9 Å². The molecule has 1 saturated heterocycles. The maximum Gasteiger partial charge on any atom is 0.251 e. The van der Waals surface area contributed by atoms with Crippen LogP contribution in [-0.2, 0) is 16.0 Å². The first-order valence-corrected chi connectivity index (χ1v) is 11.5. The minimum absolute atomic E-state index is 0.0202. The van der Waals surface area contributed by atoms with Crippen LogP contribution in [0.2, 0.25) is 0 Å². The predicted molar refractivity (Wildman–Crippen MR) is 128 cm³/mol. The largest absolute Gasteiger partial charge is 0.361 e. The topological polar surface area (TPSA) is 94.3 Å². The van der Waals surface area contributed by atoms with E-state index < -0.39 is 0 Å². The molecule has 7 nitrogen and oxygen atoms in total. The van der Waals surface area contributed by atoms with E-state index in [0.29, 0.717) is 18.7 Å². The normalized spacial score (nSPS) is 16.9. The second kappa shape index (κ2) is 10.3. The number of para-hydroxylation sites is 1. The summed E-state index contributed by atoms with van der Waals surface area (Å²) >= 11 is 0. The molecule has 0 spiro atoms. The number of piperidine rings is 1. The molecular weight excluding hydrogens is 416 g/mol. The van der Waals surface area contributed by atoms with E-state index in [0.717, 1.165) is 24.8 Å². The average Bonchev–Trinajstić information content (AvgIpc) is 3.25. The van der Waals surface area contributed by atoms with E-state index >= 15 is 0 Å². The zero-order valence-corrected chi connectivity index (χ0v) is 18.8. The van der Waals surface area contributed by atoms with E-state index in [1.807, 2.05) is 37.4 Å². The molecule has 2 aromatic carbocycles. The van der Waals surface area contributed by atoms with Gasteiger partial charge >= 0.3 is 0 Å². The van der Waals surface area contributed by atoms with Gasteiger partial charge in [0.05, 0.1) is 12.5 Å². The standard InChI is InChI=1S/C26H30N4O3/c1-18(14-21-15-27-23-12-6-5-11-22(21)23)29-26(33)20-10-7-13-30(17-20)24(31)16-28-25(32)19-8-3-2-4-9-19/h2-6,8-9,11-12,15,18,20,27H,7,10,13-14,16-17H2,1H3,(H,28,32)(H,29,33)/t18-,20-/m1/s1. The molecule has 0 aliphatic carbocycles. The van der Waals surface area contributed by atoms with Gasteiger partial charge in [0.15, 0.2) is 0 Å². The van der Waals surface area contributed by atoms with Crippen LogP contribution >= 0.6 is 0 Å². The van der Waals surface area contributed by atoms with Crippen molar-refractivity contribution in [1.82, 2.24) is 20.5 Å². The molecule has 1 aliphatic heterocycles. The fourth-order valence-corrected chi connectivity index (χ4v) is 4.42. The van der Waals surface area contributed by atoms with Crippen LogP contribution in [0.4, 0.5) is 0 Å². The van der Waals surface area contributed by atoms with Crippen LogP contribution in [-0.4, -0.2) is 53.3 Å². The molecule has 2 atom stereocenters. The summed E-state index contributed by atoms with van der Waals surface area (Å²) in [7, 11) is 0. The van der Waals surface area contributed by atoms with E-state index in [9.17, 15) is 14.4 Å². The molecule has 1 aliphatic rings. The fourth-order valence-electron chi connectivity index (χ4n) is 4.42. The van der Waals surface area contributed by atoms with E-state index in [4.69, 9.17) is 0 Å². The summed E-state index contributed by atoms with van der Waals surface area (Å²) in [6, 6.07) is 16.9. The molecule has 0 bridgehead atoms. The number of fused-ring (bicyclic) bond motifs is 1. The SMILES string of the molecule is C[C@H](Cc1c[nH]c2ccccc12)NC(=O)[C@@H]1CCCN(C(=O)CNC(=O)c2ccccc2)C1. The second-order valence-corrected chi connectivity index (χ2v) is 8.70. The van der Waals surface area contributed by atoms with E-state index in [-0.39, 0.29) is 36.2 Å². The third-order valence-corrected chi connectivity index (χ3v) is 6.17. The molecule has 172 valence electrons. The number of nitrogens with one attached hydrogen (secondary N) is 3. The average molecular weight is 447 g/mol. The number of aromatic amines is 1. The lowest BCUT2D eigenvalue weighted by atomic mass is 9.96. The van der Waals surface area contributed by atoms with Crippen LogP contribution in [0.3, 0.4) is 0 Å². The van der Waals surface area contributed by atoms with Gasteiger partial charge in [-0.1, -0.05) is 36.4 Å². The highest BCUT2D eigenvalue weighted by molar-refractivity contribution is 5.96. The van der Waals surface area contributed by atoms with Gasteiger partial charge in [0.1, 0.15) is 0 Å². The zero-order valence-electron chi connectivity index (χ0n) is 18.8. The van der Waals surface area contributed by atoms with Gasteiger partial charge in [-0.2, -0.15) is 0 Å². The fraction of sp³-hybridized carbons (Fsp3) is 0.346. The zero-order chi connectivity index (χ0) is 23.2. The van der Waals surface area contributed by atoms with Crippen LogP contribution in [0.15, 0.2) is 60.8 Å². The Bertz CT molecular complexity index is 1120. The maximum atomic E-state index is 12.9. The molecule has 3 N–H and O–H groups in total. The summed E-state index contributed by atoms with van der Waals surface area (Å²) in [4.78, 5) is 42.7. The van der Waals surface area contributed by atoms with Gasteiger partial charge in [0.25, 0.3) is 5.91 Å². The van der Waals surface area contributed by atoms with Crippen molar-refractivity contribution < 1.29 is 14.4 Å². The number of aromatic nitrogens is 1. The predicted octanol–water partition coefficient (Wildman–Crippen LogP) is 2.88. The molecule has 33 heavy (non-hydrogen) atoms. The molecule has 0 saturated carbocycles. The van der Waals surface area contributed by atoms with E-state index in [1.165, 1.54) is 10.9 Å². The number of amides is 3. The van der Waals surface area contributed by atoms with Gasteiger partial charge in [0.2, 0.25) is 11.8 Å². The molecule has 1 fully saturated rings. The molecule has 3 aromatic rings. The second-order valence-electron chi connectivity index (χ2n) is 8.70. The first kappa shape index (κ1) is 22.6. The number of hydrogen-bond donors (Lipinski definition) is 3. The van der Waals surface area contributed by atoms with Crippen LogP contribution in [0, 0.1) is 5.92 Å². The summed E-state index contributed by atoms with van der Waals surface area (Å²) in [5.41, 5.74) is 2.78. The maximum absolute atomic E-state index is 12.9. The highest BCUT2D eigenvalue weighted by Crippen LogP contribution is 2.20. The number of rotatable bonds is 7. The molecule has 1 aromatic heterocycles. The Balaban J connectivity index is 1.27. The molecule has 2 heterocycles. The number of carbonyl (C=O) groups is 3. The van der Waals surface area contributed by atoms with E-state index in [2.05, 4.69) is 21.7 Å². The Labute approximate surface area is 193 Å². The molecule has 7 heteroatoms. The van der Waals surface area contributed by atoms with Crippen molar-refractivity contribution in [3.8, 4) is 0 Å². The lowest BCUT2D eigenvalue weighted by molar-refractivity contribution is -0.135. The van der Waals surface area contributed by atoms with Crippen molar-refractivity contribution in [3.63, 3.8) is 0 Å². The Morgan fingerprint density at radius 1 is 1.09 bits per heavy atom. The van der Waals surface area contributed by atoms with Crippen LogP contribution < -0.4 is 10.6 Å². The van der Waals surface area contributed by atoms with E-state index in [1.54, 1.807) is 29.2 Å². The van der Waals surface area contributed by atoms with Gasteiger partial charge in [-0.25, -0.2) is 0 Å². The van der Waals surface area contributed by atoms with Gasteiger partial charge in [-0.05, 0) is 49.9 Å². The monoisotopic (exact) mass is 446 g/mol. The lowest BCUT2D eigenvalue weighted by Gasteiger charge is -2.32. The Kier molecular flexibility index (Phi) is 7.07. The van der Waals surface area contributed by atoms with Gasteiger partial charge < -0.3 is 20.5 Å². The Morgan fingerprint density at radius 3 is 2.67 bits per heavy atom. The number of nitrogens with zero attached hydrogens (tertiary/aromatic N) is 1. The smallest absolute Gasteiger partial charge is 0.251 e. The minimum Gasteiger partial charge on any atom is -0.361 e. The highest BCUT2D eigenvalue weighted by Gasteiger charge is 2.29. The summed E-state index contributed by atoms with van der Waals surface area (Å²) < 4.78 is 0. The quantitative estimate of drug-likeness (QED) is 0.521. The van der Waals surface area contributed by atoms with Crippen molar-refractivity contribution in [1.29, 1.82) is 0 Å². The number of H-pyrrole nitrogens is 1. The van der Waals surface area contributed by atoms with Gasteiger partial charge in [0, 0.05) is 41.8 Å². The minimum atomic E-state index is -0.277. The van der Waals surface area contributed by atoms with Crippen molar-refractivity contribution >= 4 is 28.6 Å². The van der Waals surface area contributed by atoms with Crippen LogP contribution in [0.5, 0.6) is 0 Å². The number of carbonyl (C=O) groups excluding carboxylic acids is 3. The lowest BCUT2D eigenvalue weighted by Crippen LogP contribution is -2.49. The Hall–Kier alpha value is -3.61. The first-order chi connectivity index (χ1) is 16.0. The van der Waals surface area contributed by atoms with Crippen molar-refractivity contribution in [2.75, 3.05) is 19.6 Å². The van der Waals surface area contributed by atoms with Gasteiger partial charge in [-0.15, -0.1) is 0 Å². The molecule has 4 rings (SSSR count). The first-order valence-electron chi connectivity index (χ1n) is 11.5. The van der Waals surface area contributed by atoms with Crippen LogP contribution in [0.25, 0.3) is 10.9 Å². The molecular formula is C26H30N4O3. The van der Waals surface area contributed by atoms with Crippen molar-refractivity contribution in [2.45, 2.75) is 32.2 Å². The van der Waals surface area contributed by atoms with Gasteiger partial charge in [-0.3, -0.25) is 14.4 Å². The Morgan fingerprint density at radius 2 is 1.85 bits per heavy atom. The third kappa shape index (κ3) is 5.61. The highest BCUT2D eigenvalue weighted by atomic mass is 16.2. The molecule has 0 unspecified atom stereocenters.